The third-order valence-electron chi connectivity index (χ3n) is 0.627. The fourth-order valence-electron chi connectivity index (χ4n) is 0.167. The second-order valence-electron chi connectivity index (χ2n) is 1.46. The summed E-state index contributed by atoms with van der Waals surface area (Å²) in [5.41, 5.74) is 0. The number of nitriles is 1. The first-order valence-corrected chi connectivity index (χ1v) is 3.04. The molecule has 0 spiro atoms. The summed E-state index contributed by atoms with van der Waals surface area (Å²) in [6.45, 7) is 10.2. The zero-order valence-corrected chi connectivity index (χ0v) is 6.21. The average molecular weight is 135 g/mol. The van der Waals surface area contributed by atoms with E-state index in [1.807, 2.05) is 6.07 Å². The van der Waals surface area contributed by atoms with Crippen LogP contribution in [0.15, 0.2) is 38.0 Å². The molecule has 0 aromatic heterocycles. The van der Waals surface area contributed by atoms with Crippen molar-refractivity contribution in [3.05, 3.63) is 38.0 Å². The molecular weight excluding hydrogens is 122 g/mol. The molecule has 54 valence electrons. The molecule has 0 bridgehead atoms. The van der Waals surface area contributed by atoms with E-state index in [1.54, 1.807) is 18.2 Å². The standard InChI is InChI=1S/C5H7N.C4H6/c1-2-3-4-5-6;1-3-4-2/h2H,1,3-4H2;3-4H,1-2H2. The van der Waals surface area contributed by atoms with Crippen molar-refractivity contribution in [3.8, 4) is 6.07 Å². The summed E-state index contributed by atoms with van der Waals surface area (Å²) >= 11 is 0. The van der Waals surface area contributed by atoms with Crippen molar-refractivity contribution in [2.45, 2.75) is 12.8 Å². The highest BCUT2D eigenvalue weighted by Crippen LogP contribution is 1.82. The second kappa shape index (κ2) is 15.6. The van der Waals surface area contributed by atoms with Gasteiger partial charge in [-0.05, 0) is 6.42 Å². The summed E-state index contributed by atoms with van der Waals surface area (Å²) in [4.78, 5) is 0. The molecule has 0 aliphatic heterocycles. The van der Waals surface area contributed by atoms with E-state index >= 15 is 0 Å². The van der Waals surface area contributed by atoms with Crippen LogP contribution in [-0.2, 0) is 0 Å². The van der Waals surface area contributed by atoms with Crippen molar-refractivity contribution in [3.63, 3.8) is 0 Å². The third kappa shape index (κ3) is 29.8. The summed E-state index contributed by atoms with van der Waals surface area (Å²) in [6, 6.07) is 2.00. The van der Waals surface area contributed by atoms with Crippen molar-refractivity contribution >= 4 is 0 Å². The molecular formula is C9H13N. The van der Waals surface area contributed by atoms with Crippen LogP contribution in [0.25, 0.3) is 0 Å². The third-order valence-corrected chi connectivity index (χ3v) is 0.627. The van der Waals surface area contributed by atoms with Crippen LogP contribution >= 0.6 is 0 Å². The molecule has 0 saturated heterocycles. The molecule has 0 N–H and O–H groups in total. The van der Waals surface area contributed by atoms with E-state index in [2.05, 4.69) is 19.7 Å². The van der Waals surface area contributed by atoms with Crippen molar-refractivity contribution in [1.29, 1.82) is 5.26 Å². The molecule has 0 atom stereocenters. The molecule has 0 amide bonds. The summed E-state index contributed by atoms with van der Waals surface area (Å²) < 4.78 is 0. The van der Waals surface area contributed by atoms with Gasteiger partial charge in [0.15, 0.2) is 0 Å². The van der Waals surface area contributed by atoms with Crippen LogP contribution in [-0.4, -0.2) is 0 Å². The number of hydrogen-bond donors (Lipinski definition) is 0. The van der Waals surface area contributed by atoms with Gasteiger partial charge in [-0.15, -0.1) is 6.58 Å². The lowest BCUT2D eigenvalue weighted by atomic mass is 10.3. The molecule has 0 unspecified atom stereocenters. The lowest BCUT2D eigenvalue weighted by molar-refractivity contribution is 1.07. The van der Waals surface area contributed by atoms with Gasteiger partial charge in [0.1, 0.15) is 0 Å². The Kier molecular flexibility index (Phi) is 18.0. The van der Waals surface area contributed by atoms with Crippen molar-refractivity contribution in [2.75, 3.05) is 0 Å². The van der Waals surface area contributed by atoms with E-state index in [0.717, 1.165) is 6.42 Å². The van der Waals surface area contributed by atoms with E-state index < -0.39 is 0 Å². The fraction of sp³-hybridized carbons (Fsp3) is 0.222. The Balaban J connectivity index is 0. The predicted molar refractivity (Wildman–Crippen MR) is 45.4 cm³/mol. The maximum absolute atomic E-state index is 7.90. The van der Waals surface area contributed by atoms with Gasteiger partial charge in [-0.1, -0.05) is 31.4 Å². The van der Waals surface area contributed by atoms with Gasteiger partial charge in [0.25, 0.3) is 0 Å². The zero-order chi connectivity index (χ0) is 8.24. The van der Waals surface area contributed by atoms with E-state index in [1.165, 1.54) is 0 Å². The molecule has 0 aliphatic rings. The lowest BCUT2D eigenvalue weighted by Gasteiger charge is -1.70. The van der Waals surface area contributed by atoms with Gasteiger partial charge in [-0.25, -0.2) is 0 Å². The maximum atomic E-state index is 7.90. The molecule has 0 rings (SSSR count). The number of hydrogen-bond acceptors (Lipinski definition) is 1. The van der Waals surface area contributed by atoms with Gasteiger partial charge in [0.2, 0.25) is 0 Å². The monoisotopic (exact) mass is 135 g/mol. The number of allylic oxidation sites excluding steroid dienone is 3. The minimum Gasteiger partial charge on any atom is -0.198 e. The molecule has 0 aromatic rings. The minimum atomic E-state index is 0.601. The first-order chi connectivity index (χ1) is 4.83. The average Bonchev–Trinajstić information content (AvgIpc) is 2.01. The zero-order valence-electron chi connectivity index (χ0n) is 6.21. The number of rotatable bonds is 3. The van der Waals surface area contributed by atoms with Crippen molar-refractivity contribution in [1.82, 2.24) is 0 Å². The quantitative estimate of drug-likeness (QED) is 0.331. The predicted octanol–water partition coefficient (Wildman–Crippen LogP) is 2.83. The van der Waals surface area contributed by atoms with Crippen LogP contribution in [0.2, 0.25) is 0 Å². The first kappa shape index (κ1) is 11.5. The molecule has 0 saturated carbocycles. The number of nitrogens with zero attached hydrogens (tertiary/aromatic N) is 1. The van der Waals surface area contributed by atoms with Gasteiger partial charge in [-0.2, -0.15) is 5.26 Å². The van der Waals surface area contributed by atoms with Crippen LogP contribution in [0.1, 0.15) is 12.8 Å². The van der Waals surface area contributed by atoms with E-state index in [0.29, 0.717) is 6.42 Å². The van der Waals surface area contributed by atoms with Crippen LogP contribution in [0.4, 0.5) is 0 Å². The molecule has 0 aliphatic carbocycles. The Morgan fingerprint density at radius 3 is 1.80 bits per heavy atom. The van der Waals surface area contributed by atoms with E-state index in [-0.39, 0.29) is 0 Å². The Labute approximate surface area is 63.0 Å². The topological polar surface area (TPSA) is 23.8 Å². The molecule has 0 aromatic carbocycles. The van der Waals surface area contributed by atoms with Crippen LogP contribution in [0, 0.1) is 11.3 Å². The largest absolute Gasteiger partial charge is 0.198 e. The van der Waals surface area contributed by atoms with Gasteiger partial charge >= 0.3 is 0 Å². The van der Waals surface area contributed by atoms with Gasteiger partial charge in [0.05, 0.1) is 6.07 Å². The van der Waals surface area contributed by atoms with Gasteiger partial charge < -0.3 is 0 Å². The lowest BCUT2D eigenvalue weighted by Crippen LogP contribution is -1.57. The highest BCUT2D eigenvalue weighted by molar-refractivity contribution is 4.88. The van der Waals surface area contributed by atoms with Crippen LogP contribution in [0.5, 0.6) is 0 Å². The highest BCUT2D eigenvalue weighted by atomic mass is 14.2. The molecule has 0 fully saturated rings. The van der Waals surface area contributed by atoms with Crippen molar-refractivity contribution < 1.29 is 0 Å². The normalized spacial score (nSPS) is 5.90. The molecule has 0 heterocycles. The SMILES string of the molecule is C=CC=C.C=CCCC#N. The Morgan fingerprint density at radius 2 is 1.70 bits per heavy atom. The van der Waals surface area contributed by atoms with Crippen LogP contribution in [0.3, 0.4) is 0 Å². The smallest absolute Gasteiger partial charge is 0.0624 e. The second-order valence-corrected chi connectivity index (χ2v) is 1.46. The van der Waals surface area contributed by atoms with E-state index in [4.69, 9.17) is 5.26 Å². The fourth-order valence-corrected chi connectivity index (χ4v) is 0.167. The van der Waals surface area contributed by atoms with Crippen molar-refractivity contribution in [2.24, 2.45) is 0 Å². The highest BCUT2D eigenvalue weighted by Gasteiger charge is 1.69. The summed E-state index contributed by atoms with van der Waals surface area (Å²) in [5, 5.41) is 7.90. The Hall–Kier alpha value is -1.29. The minimum absolute atomic E-state index is 0.601. The summed E-state index contributed by atoms with van der Waals surface area (Å²) in [6.07, 6.45) is 6.43. The molecule has 1 heteroatoms. The summed E-state index contributed by atoms with van der Waals surface area (Å²) in [7, 11) is 0. The molecule has 1 nitrogen and oxygen atoms in total. The molecule has 10 heavy (non-hydrogen) atoms. The first-order valence-electron chi connectivity index (χ1n) is 3.04. The van der Waals surface area contributed by atoms with Gasteiger partial charge in [-0.3, -0.25) is 0 Å². The van der Waals surface area contributed by atoms with E-state index in [9.17, 15) is 0 Å². The Bertz CT molecular complexity index is 122. The maximum Gasteiger partial charge on any atom is 0.0624 e. The summed E-state index contributed by atoms with van der Waals surface area (Å²) in [5.74, 6) is 0. The number of unbranched alkanes of at least 4 members (excludes halogenated alkanes) is 1. The Morgan fingerprint density at radius 1 is 1.20 bits per heavy atom. The van der Waals surface area contributed by atoms with Gasteiger partial charge in [0, 0.05) is 6.42 Å². The molecule has 0 radical (unpaired) electrons. The van der Waals surface area contributed by atoms with Crippen LogP contribution < -0.4 is 0 Å².